The van der Waals surface area contributed by atoms with Gasteiger partial charge in [0.05, 0.1) is 13.2 Å². The monoisotopic (exact) mass is 172 g/mol. The summed E-state index contributed by atoms with van der Waals surface area (Å²) in [7, 11) is 2.00. The van der Waals surface area contributed by atoms with E-state index in [2.05, 4.69) is 17.1 Å². The zero-order valence-corrected chi connectivity index (χ0v) is 8.18. The number of rotatable bonds is 4. The third-order valence-corrected chi connectivity index (χ3v) is 2.48. The summed E-state index contributed by atoms with van der Waals surface area (Å²) in [6.45, 7) is 7.38. The molecule has 0 spiro atoms. The fourth-order valence-corrected chi connectivity index (χ4v) is 1.68. The molecule has 72 valence electrons. The number of nitrogens with zero attached hydrogens (tertiary/aromatic N) is 1. The molecule has 1 unspecified atom stereocenters. The lowest BCUT2D eigenvalue weighted by Crippen LogP contribution is -2.46. The van der Waals surface area contributed by atoms with E-state index in [4.69, 9.17) is 4.74 Å². The Morgan fingerprint density at radius 1 is 1.58 bits per heavy atom. The third kappa shape index (κ3) is 2.73. The van der Waals surface area contributed by atoms with Gasteiger partial charge < -0.3 is 10.1 Å². The van der Waals surface area contributed by atoms with Crippen LogP contribution in [0.1, 0.15) is 13.3 Å². The summed E-state index contributed by atoms with van der Waals surface area (Å²) in [6, 6.07) is 0.635. The maximum Gasteiger partial charge on any atom is 0.0622 e. The van der Waals surface area contributed by atoms with Gasteiger partial charge in [0.25, 0.3) is 0 Å². The van der Waals surface area contributed by atoms with Gasteiger partial charge >= 0.3 is 0 Å². The van der Waals surface area contributed by atoms with E-state index >= 15 is 0 Å². The second-order valence-corrected chi connectivity index (χ2v) is 3.25. The Balaban J connectivity index is 2.26. The van der Waals surface area contributed by atoms with Crippen molar-refractivity contribution in [2.75, 3.05) is 39.9 Å². The topological polar surface area (TPSA) is 24.5 Å². The molecule has 3 nitrogen and oxygen atoms in total. The van der Waals surface area contributed by atoms with E-state index in [-0.39, 0.29) is 0 Å². The van der Waals surface area contributed by atoms with Crippen LogP contribution >= 0.6 is 0 Å². The Morgan fingerprint density at radius 3 is 3.08 bits per heavy atom. The van der Waals surface area contributed by atoms with Gasteiger partial charge in [-0.15, -0.1) is 0 Å². The van der Waals surface area contributed by atoms with Crippen molar-refractivity contribution in [2.24, 2.45) is 0 Å². The highest BCUT2D eigenvalue weighted by molar-refractivity contribution is 4.74. The second kappa shape index (κ2) is 5.51. The average Bonchev–Trinajstić information content (AvgIpc) is 2.15. The van der Waals surface area contributed by atoms with Crippen LogP contribution in [0, 0.1) is 0 Å². The first-order valence-electron chi connectivity index (χ1n) is 4.85. The lowest BCUT2D eigenvalue weighted by molar-refractivity contribution is -0.00727. The molecule has 1 rings (SSSR count). The molecular weight excluding hydrogens is 152 g/mol. The summed E-state index contributed by atoms with van der Waals surface area (Å²) in [5.41, 5.74) is 0. The molecule has 12 heavy (non-hydrogen) atoms. The molecular formula is C9H20N2O. The van der Waals surface area contributed by atoms with Crippen LogP contribution in [-0.4, -0.2) is 50.8 Å². The zero-order valence-electron chi connectivity index (χ0n) is 8.18. The van der Waals surface area contributed by atoms with E-state index in [1.165, 1.54) is 6.42 Å². The normalized spacial score (nSPS) is 26.0. The summed E-state index contributed by atoms with van der Waals surface area (Å²) in [5, 5.41) is 3.18. The molecule has 0 aromatic rings. The van der Waals surface area contributed by atoms with Crippen LogP contribution in [0.2, 0.25) is 0 Å². The highest BCUT2D eigenvalue weighted by Gasteiger charge is 2.20. The third-order valence-electron chi connectivity index (χ3n) is 2.48. The number of likely N-dealkylation sites (N-methyl/N-ethyl adjacent to an activating group) is 1. The van der Waals surface area contributed by atoms with Crippen LogP contribution in [0.4, 0.5) is 0 Å². The second-order valence-electron chi connectivity index (χ2n) is 3.25. The summed E-state index contributed by atoms with van der Waals surface area (Å²) < 4.78 is 5.44. The van der Waals surface area contributed by atoms with Crippen molar-refractivity contribution in [1.29, 1.82) is 0 Å². The van der Waals surface area contributed by atoms with E-state index in [9.17, 15) is 0 Å². The lowest BCUT2D eigenvalue weighted by Gasteiger charge is -2.34. The van der Waals surface area contributed by atoms with E-state index in [1.807, 2.05) is 7.05 Å². The summed E-state index contributed by atoms with van der Waals surface area (Å²) >= 11 is 0. The van der Waals surface area contributed by atoms with Crippen molar-refractivity contribution in [3.05, 3.63) is 0 Å². The molecule has 1 heterocycles. The molecule has 0 aliphatic carbocycles. The number of ether oxygens (including phenoxy) is 1. The number of nitrogens with one attached hydrogen (secondary N) is 1. The van der Waals surface area contributed by atoms with Crippen LogP contribution in [-0.2, 0) is 4.74 Å². The fraction of sp³-hybridized carbons (Fsp3) is 1.00. The molecule has 0 radical (unpaired) electrons. The van der Waals surface area contributed by atoms with Crippen molar-refractivity contribution < 1.29 is 4.74 Å². The van der Waals surface area contributed by atoms with E-state index in [0.717, 1.165) is 32.8 Å². The van der Waals surface area contributed by atoms with E-state index < -0.39 is 0 Å². The predicted octanol–water partition coefficient (Wildman–Crippen LogP) is 0.317. The van der Waals surface area contributed by atoms with Crippen molar-refractivity contribution in [2.45, 2.75) is 19.4 Å². The van der Waals surface area contributed by atoms with Crippen molar-refractivity contribution >= 4 is 0 Å². The lowest BCUT2D eigenvalue weighted by atomic mass is 10.1. The zero-order chi connectivity index (χ0) is 8.81. The van der Waals surface area contributed by atoms with Gasteiger partial charge in [-0.1, -0.05) is 6.92 Å². The summed E-state index contributed by atoms with van der Waals surface area (Å²) in [4.78, 5) is 2.50. The highest BCUT2D eigenvalue weighted by Crippen LogP contribution is 2.08. The Morgan fingerprint density at radius 2 is 2.42 bits per heavy atom. The Bertz CT molecular complexity index is 119. The van der Waals surface area contributed by atoms with Gasteiger partial charge in [0.15, 0.2) is 0 Å². The largest absolute Gasteiger partial charge is 0.378 e. The highest BCUT2D eigenvalue weighted by atomic mass is 16.5. The Labute approximate surface area is 75.1 Å². The van der Waals surface area contributed by atoms with Crippen LogP contribution in [0.25, 0.3) is 0 Å². The quantitative estimate of drug-likeness (QED) is 0.661. The molecule has 1 atom stereocenters. The molecule has 3 heteroatoms. The Kier molecular flexibility index (Phi) is 4.58. The van der Waals surface area contributed by atoms with Crippen molar-refractivity contribution in [3.63, 3.8) is 0 Å². The molecule has 0 saturated carbocycles. The molecule has 1 aliphatic heterocycles. The van der Waals surface area contributed by atoms with Gasteiger partial charge in [-0.2, -0.15) is 0 Å². The smallest absolute Gasteiger partial charge is 0.0622 e. The van der Waals surface area contributed by atoms with Crippen molar-refractivity contribution in [1.82, 2.24) is 10.2 Å². The molecule has 0 amide bonds. The van der Waals surface area contributed by atoms with E-state index in [1.54, 1.807) is 0 Å². The predicted molar refractivity (Wildman–Crippen MR) is 50.4 cm³/mol. The van der Waals surface area contributed by atoms with Crippen LogP contribution in [0.5, 0.6) is 0 Å². The minimum atomic E-state index is 0.635. The molecule has 0 bridgehead atoms. The Hall–Kier alpha value is -0.120. The van der Waals surface area contributed by atoms with E-state index in [0.29, 0.717) is 6.04 Å². The van der Waals surface area contributed by atoms with Gasteiger partial charge in [0.2, 0.25) is 0 Å². The number of hydrogen-bond donors (Lipinski definition) is 1. The molecule has 1 N–H and O–H groups in total. The first-order valence-corrected chi connectivity index (χ1v) is 4.85. The maximum atomic E-state index is 5.44. The van der Waals surface area contributed by atoms with Crippen LogP contribution in [0.15, 0.2) is 0 Å². The molecule has 0 aromatic heterocycles. The molecule has 0 aromatic carbocycles. The maximum absolute atomic E-state index is 5.44. The van der Waals surface area contributed by atoms with Crippen LogP contribution in [0.3, 0.4) is 0 Å². The van der Waals surface area contributed by atoms with Gasteiger partial charge in [-0.05, 0) is 26.6 Å². The minimum Gasteiger partial charge on any atom is -0.378 e. The van der Waals surface area contributed by atoms with Gasteiger partial charge in [-0.3, -0.25) is 4.90 Å². The molecule has 1 saturated heterocycles. The first-order chi connectivity index (χ1) is 5.88. The van der Waals surface area contributed by atoms with Gasteiger partial charge in [-0.25, -0.2) is 0 Å². The number of morpholine rings is 1. The van der Waals surface area contributed by atoms with Crippen molar-refractivity contribution in [3.8, 4) is 0 Å². The fourth-order valence-electron chi connectivity index (χ4n) is 1.68. The molecule has 1 fully saturated rings. The first kappa shape index (κ1) is 9.96. The summed E-state index contributed by atoms with van der Waals surface area (Å²) in [5.74, 6) is 0. The number of hydrogen-bond acceptors (Lipinski definition) is 3. The average molecular weight is 172 g/mol. The SMILES string of the molecule is CCN1CCOCC1CCNC. The minimum absolute atomic E-state index is 0.635. The van der Waals surface area contributed by atoms with Gasteiger partial charge in [0, 0.05) is 12.6 Å². The molecule has 1 aliphatic rings. The van der Waals surface area contributed by atoms with Gasteiger partial charge in [0.1, 0.15) is 0 Å². The standard InChI is InChI=1S/C9H20N2O/c1-3-11-6-7-12-8-9(11)4-5-10-2/h9-10H,3-8H2,1-2H3. The summed E-state index contributed by atoms with van der Waals surface area (Å²) in [6.07, 6.45) is 1.20. The van der Waals surface area contributed by atoms with Crippen LogP contribution < -0.4 is 5.32 Å².